The van der Waals surface area contributed by atoms with E-state index in [-0.39, 0.29) is 11.1 Å². The van der Waals surface area contributed by atoms with E-state index in [1.165, 1.54) is 108 Å². The molecule has 0 aromatic heterocycles. The predicted molar refractivity (Wildman–Crippen MR) is 159 cm³/mol. The Morgan fingerprint density at radius 3 is 1.54 bits per heavy atom. The summed E-state index contributed by atoms with van der Waals surface area (Å²) in [7, 11) is 0. The maximum Gasteiger partial charge on any atom is 0.337 e. The highest BCUT2D eigenvalue weighted by Crippen LogP contribution is 2.17. The standard InChI is InChI=1S/C22H42O2.C8H5IO4/c1-2-3-4-5-6-7-8-9-10-11-12-13-14-15-16-17-18-19-20-21-22(23)24;9-5-3-1-2-4(7(10)11)6(5)8(12)13/h9-10H,2-8,11-21H2,1H3,(H,23,24);1-3H,(H,10,11)(H,12,13)/b10-9-;. The maximum atomic E-state index is 10.7. The quantitative estimate of drug-likeness (QED) is 0.0709. The average molecular weight is 631 g/mol. The van der Waals surface area contributed by atoms with Crippen LogP contribution in [0.4, 0.5) is 0 Å². The molecule has 0 aliphatic rings. The van der Waals surface area contributed by atoms with Crippen molar-refractivity contribution >= 4 is 40.5 Å². The first-order valence-electron chi connectivity index (χ1n) is 13.9. The molecule has 0 spiro atoms. The number of carboxylic acids is 3. The number of hydrogen-bond acceptors (Lipinski definition) is 3. The summed E-state index contributed by atoms with van der Waals surface area (Å²) in [6.07, 6.45) is 27.1. The van der Waals surface area contributed by atoms with Gasteiger partial charge in [0.1, 0.15) is 0 Å². The van der Waals surface area contributed by atoms with Gasteiger partial charge < -0.3 is 15.3 Å². The van der Waals surface area contributed by atoms with Crippen molar-refractivity contribution in [1.82, 2.24) is 0 Å². The zero-order valence-electron chi connectivity index (χ0n) is 22.6. The second kappa shape index (κ2) is 24.4. The Labute approximate surface area is 237 Å². The van der Waals surface area contributed by atoms with Crippen LogP contribution in [0.5, 0.6) is 0 Å². The number of aliphatic carboxylic acids is 1. The van der Waals surface area contributed by atoms with E-state index in [2.05, 4.69) is 19.1 Å². The fourth-order valence-corrected chi connectivity index (χ4v) is 4.70. The van der Waals surface area contributed by atoms with Crippen LogP contribution in [0.2, 0.25) is 0 Å². The molecule has 1 aromatic rings. The number of benzene rings is 1. The van der Waals surface area contributed by atoms with E-state index in [9.17, 15) is 14.4 Å². The smallest absolute Gasteiger partial charge is 0.337 e. The minimum atomic E-state index is -1.23. The largest absolute Gasteiger partial charge is 0.481 e. The van der Waals surface area contributed by atoms with E-state index < -0.39 is 17.9 Å². The van der Waals surface area contributed by atoms with Crippen LogP contribution in [-0.4, -0.2) is 33.2 Å². The van der Waals surface area contributed by atoms with E-state index in [0.717, 1.165) is 12.8 Å². The van der Waals surface area contributed by atoms with Gasteiger partial charge in [0.2, 0.25) is 0 Å². The number of aromatic carboxylic acids is 2. The summed E-state index contributed by atoms with van der Waals surface area (Å²) < 4.78 is 0.421. The van der Waals surface area contributed by atoms with Crippen LogP contribution in [-0.2, 0) is 4.79 Å². The van der Waals surface area contributed by atoms with E-state index in [1.807, 2.05) is 0 Å². The van der Waals surface area contributed by atoms with Crippen LogP contribution in [0.15, 0.2) is 30.4 Å². The SMILES string of the molecule is CCCCCCCC/C=C\CCCCCCCCCCCC(=O)O.O=C(O)c1cccc(I)c1C(=O)O. The Morgan fingerprint density at radius 2 is 1.14 bits per heavy atom. The average Bonchev–Trinajstić information content (AvgIpc) is 2.85. The molecule has 0 amide bonds. The van der Waals surface area contributed by atoms with Gasteiger partial charge in [-0.05, 0) is 66.8 Å². The van der Waals surface area contributed by atoms with Gasteiger partial charge in [0.25, 0.3) is 0 Å². The summed E-state index contributed by atoms with van der Waals surface area (Å²) >= 11 is 1.79. The molecule has 1 aromatic carbocycles. The van der Waals surface area contributed by atoms with E-state index in [0.29, 0.717) is 9.99 Å². The van der Waals surface area contributed by atoms with Crippen molar-refractivity contribution in [2.24, 2.45) is 0 Å². The third-order valence-corrected chi connectivity index (χ3v) is 7.01. The van der Waals surface area contributed by atoms with Crippen molar-refractivity contribution in [2.75, 3.05) is 0 Å². The lowest BCUT2D eigenvalue weighted by Gasteiger charge is -2.02. The summed E-state index contributed by atoms with van der Waals surface area (Å²) in [6, 6.07) is 4.34. The predicted octanol–water partition coefficient (Wildman–Crippen LogP) is 9.36. The molecule has 3 N–H and O–H groups in total. The molecule has 0 heterocycles. The van der Waals surface area contributed by atoms with Gasteiger partial charge in [-0.2, -0.15) is 0 Å². The monoisotopic (exact) mass is 630 g/mol. The Morgan fingerprint density at radius 1 is 0.676 bits per heavy atom. The summed E-state index contributed by atoms with van der Waals surface area (Å²) in [5, 5.41) is 26.0. The normalized spacial score (nSPS) is 10.8. The van der Waals surface area contributed by atoms with Crippen molar-refractivity contribution < 1.29 is 29.7 Å². The lowest BCUT2D eigenvalue weighted by molar-refractivity contribution is -0.137. The van der Waals surface area contributed by atoms with Gasteiger partial charge in [0, 0.05) is 9.99 Å². The Balaban J connectivity index is 0.000000832. The number of allylic oxidation sites excluding steroid dienone is 2. The van der Waals surface area contributed by atoms with Crippen LogP contribution in [0.25, 0.3) is 0 Å². The molecule has 7 heteroatoms. The van der Waals surface area contributed by atoms with Gasteiger partial charge in [0.05, 0.1) is 11.1 Å². The summed E-state index contributed by atoms with van der Waals surface area (Å²) in [6.45, 7) is 2.27. The molecule has 0 fully saturated rings. The number of hydrogen-bond donors (Lipinski definition) is 3. The van der Waals surface area contributed by atoms with Crippen LogP contribution in [0, 0.1) is 3.57 Å². The topological polar surface area (TPSA) is 112 Å². The molecule has 0 saturated heterocycles. The number of carboxylic acid groups (broad SMARTS) is 3. The maximum absolute atomic E-state index is 10.7. The van der Waals surface area contributed by atoms with Crippen molar-refractivity contribution in [2.45, 2.75) is 122 Å². The zero-order chi connectivity index (χ0) is 27.7. The summed E-state index contributed by atoms with van der Waals surface area (Å²) in [4.78, 5) is 31.7. The van der Waals surface area contributed by atoms with Gasteiger partial charge in [0.15, 0.2) is 0 Å². The fraction of sp³-hybridized carbons (Fsp3) is 0.633. The van der Waals surface area contributed by atoms with E-state index >= 15 is 0 Å². The van der Waals surface area contributed by atoms with Gasteiger partial charge in [-0.3, -0.25) is 4.79 Å². The van der Waals surface area contributed by atoms with E-state index in [4.69, 9.17) is 15.3 Å². The first-order chi connectivity index (χ1) is 17.8. The Hall–Kier alpha value is -1.90. The molecule has 37 heavy (non-hydrogen) atoms. The number of unbranched alkanes of at least 4 members (excludes halogenated alkanes) is 15. The molecule has 0 radical (unpaired) electrons. The molecule has 6 nitrogen and oxygen atoms in total. The molecular formula is C30H47IO6. The lowest BCUT2D eigenvalue weighted by atomic mass is 10.1. The second-order valence-corrected chi connectivity index (χ2v) is 10.6. The van der Waals surface area contributed by atoms with Crippen LogP contribution in [0.3, 0.4) is 0 Å². The molecule has 1 rings (SSSR count). The first kappa shape index (κ1) is 35.1. The highest BCUT2D eigenvalue weighted by Gasteiger charge is 2.18. The van der Waals surface area contributed by atoms with Gasteiger partial charge in [-0.15, -0.1) is 0 Å². The highest BCUT2D eigenvalue weighted by atomic mass is 127. The molecule has 0 aliphatic heterocycles. The lowest BCUT2D eigenvalue weighted by Crippen LogP contribution is -2.09. The molecular weight excluding hydrogens is 583 g/mol. The minimum absolute atomic E-state index is 0.157. The van der Waals surface area contributed by atoms with E-state index in [1.54, 1.807) is 28.7 Å². The van der Waals surface area contributed by atoms with Crippen molar-refractivity contribution in [3.8, 4) is 0 Å². The summed E-state index contributed by atoms with van der Waals surface area (Å²) in [5.74, 6) is -3.10. The second-order valence-electron chi connectivity index (χ2n) is 9.41. The molecule has 0 atom stereocenters. The third-order valence-electron chi connectivity index (χ3n) is 6.11. The molecule has 0 aliphatic carbocycles. The number of carbonyl (C=O) groups is 3. The Bertz CT molecular complexity index is 790. The molecule has 0 saturated carbocycles. The third kappa shape index (κ3) is 20.8. The summed E-state index contributed by atoms with van der Waals surface area (Å²) in [5.41, 5.74) is -0.338. The van der Waals surface area contributed by atoms with Crippen molar-refractivity contribution in [3.63, 3.8) is 0 Å². The Kier molecular flexibility index (Phi) is 23.2. The number of rotatable bonds is 21. The minimum Gasteiger partial charge on any atom is -0.481 e. The highest BCUT2D eigenvalue weighted by molar-refractivity contribution is 14.1. The fourth-order valence-electron chi connectivity index (χ4n) is 3.97. The molecule has 210 valence electrons. The number of halogens is 1. The van der Waals surface area contributed by atoms with Crippen LogP contribution in [0.1, 0.15) is 143 Å². The van der Waals surface area contributed by atoms with Gasteiger partial charge >= 0.3 is 17.9 Å². The van der Waals surface area contributed by atoms with Crippen molar-refractivity contribution in [3.05, 3.63) is 45.0 Å². The van der Waals surface area contributed by atoms with Gasteiger partial charge in [-0.1, -0.05) is 102 Å². The first-order valence-corrected chi connectivity index (χ1v) is 15.0. The van der Waals surface area contributed by atoms with Crippen LogP contribution >= 0.6 is 22.6 Å². The molecule has 0 unspecified atom stereocenters. The molecule has 0 bridgehead atoms. The van der Waals surface area contributed by atoms with Gasteiger partial charge in [-0.25, -0.2) is 9.59 Å². The van der Waals surface area contributed by atoms with Crippen molar-refractivity contribution in [1.29, 1.82) is 0 Å². The zero-order valence-corrected chi connectivity index (χ0v) is 24.7. The van der Waals surface area contributed by atoms with Crippen LogP contribution < -0.4 is 0 Å².